The maximum atomic E-state index is 10.7. The summed E-state index contributed by atoms with van der Waals surface area (Å²) in [5, 5.41) is 10.7. The third kappa shape index (κ3) is 1.84. The van der Waals surface area contributed by atoms with Gasteiger partial charge in [0.15, 0.2) is 0 Å². The molecule has 1 aliphatic rings. The highest BCUT2D eigenvalue weighted by Gasteiger charge is 2.43. The van der Waals surface area contributed by atoms with Crippen LogP contribution in [0.25, 0.3) is 0 Å². The molecule has 0 aliphatic carbocycles. The third-order valence-corrected chi connectivity index (χ3v) is 3.94. The molecule has 1 aromatic rings. The first-order valence-electron chi connectivity index (χ1n) is 5.20. The summed E-state index contributed by atoms with van der Waals surface area (Å²) in [6.07, 6.45) is 0. The van der Waals surface area contributed by atoms with Gasteiger partial charge in [0.1, 0.15) is 5.60 Å². The zero-order valence-electron chi connectivity index (χ0n) is 9.07. The fourth-order valence-corrected chi connectivity index (χ4v) is 3.04. The van der Waals surface area contributed by atoms with Crippen molar-refractivity contribution in [3.05, 3.63) is 34.3 Å². The van der Waals surface area contributed by atoms with Crippen molar-refractivity contribution in [2.24, 2.45) is 5.92 Å². The lowest BCUT2D eigenvalue weighted by Gasteiger charge is -2.28. The number of rotatable bonds is 1. The zero-order chi connectivity index (χ0) is 11.1. The van der Waals surface area contributed by atoms with E-state index in [0.29, 0.717) is 6.54 Å². The van der Waals surface area contributed by atoms with Crippen LogP contribution in [0.2, 0.25) is 0 Å². The molecule has 0 aromatic heterocycles. The molecule has 2 nitrogen and oxygen atoms in total. The molecule has 1 aromatic carbocycles. The second kappa shape index (κ2) is 3.89. The molecule has 1 aliphatic heterocycles. The van der Waals surface area contributed by atoms with Crippen LogP contribution < -0.4 is 0 Å². The van der Waals surface area contributed by atoms with Crippen molar-refractivity contribution < 1.29 is 5.11 Å². The summed E-state index contributed by atoms with van der Waals surface area (Å²) < 4.78 is 0.995. The minimum absolute atomic E-state index is 0.265. The van der Waals surface area contributed by atoms with Gasteiger partial charge in [-0.25, -0.2) is 0 Å². The second-order valence-corrected chi connectivity index (χ2v) is 5.36. The first kappa shape index (κ1) is 11.1. The Balaban J connectivity index is 2.42. The van der Waals surface area contributed by atoms with Crippen LogP contribution in [0, 0.1) is 5.92 Å². The molecule has 0 bridgehead atoms. The summed E-state index contributed by atoms with van der Waals surface area (Å²) >= 11 is 3.51. The van der Waals surface area contributed by atoms with Crippen molar-refractivity contribution in [1.82, 2.24) is 4.90 Å². The van der Waals surface area contributed by atoms with Gasteiger partial charge in [0.2, 0.25) is 0 Å². The third-order valence-electron chi connectivity index (χ3n) is 3.25. The van der Waals surface area contributed by atoms with Crippen LogP contribution in [0.5, 0.6) is 0 Å². The van der Waals surface area contributed by atoms with Gasteiger partial charge in [-0.3, -0.25) is 0 Å². The van der Waals surface area contributed by atoms with Gasteiger partial charge in [0, 0.05) is 23.5 Å². The topological polar surface area (TPSA) is 23.5 Å². The highest BCUT2D eigenvalue weighted by Crippen LogP contribution is 2.39. The molecule has 0 amide bonds. The summed E-state index contributed by atoms with van der Waals surface area (Å²) in [5.41, 5.74) is 0.288. The van der Waals surface area contributed by atoms with E-state index in [2.05, 4.69) is 27.8 Å². The van der Waals surface area contributed by atoms with Crippen molar-refractivity contribution in [2.75, 3.05) is 20.1 Å². The Morgan fingerprint density at radius 1 is 1.47 bits per heavy atom. The van der Waals surface area contributed by atoms with E-state index >= 15 is 0 Å². The smallest absolute Gasteiger partial charge is 0.107 e. The van der Waals surface area contributed by atoms with E-state index in [1.54, 1.807) is 0 Å². The highest BCUT2D eigenvalue weighted by atomic mass is 79.9. The first-order chi connectivity index (χ1) is 7.04. The van der Waals surface area contributed by atoms with E-state index in [9.17, 15) is 5.11 Å². The Morgan fingerprint density at radius 3 is 2.67 bits per heavy atom. The predicted molar refractivity (Wildman–Crippen MR) is 64.7 cm³/mol. The second-order valence-electron chi connectivity index (χ2n) is 4.50. The Kier molecular flexibility index (Phi) is 2.88. The number of nitrogens with zero attached hydrogens (tertiary/aromatic N) is 1. The number of benzene rings is 1. The van der Waals surface area contributed by atoms with Gasteiger partial charge in [-0.2, -0.15) is 0 Å². The summed E-state index contributed by atoms with van der Waals surface area (Å²) in [6.45, 7) is 3.75. The Morgan fingerprint density at radius 2 is 2.13 bits per heavy atom. The lowest BCUT2D eigenvalue weighted by atomic mass is 9.85. The van der Waals surface area contributed by atoms with Crippen LogP contribution in [-0.2, 0) is 5.60 Å². The zero-order valence-corrected chi connectivity index (χ0v) is 10.7. The number of likely N-dealkylation sites (tertiary alicyclic amines) is 1. The van der Waals surface area contributed by atoms with Crippen molar-refractivity contribution in [3.63, 3.8) is 0 Å². The predicted octanol–water partition coefficient (Wildman–Crippen LogP) is 2.22. The minimum atomic E-state index is -0.713. The average Bonchev–Trinajstić information content (AvgIpc) is 2.42. The van der Waals surface area contributed by atoms with Crippen LogP contribution in [0.1, 0.15) is 12.5 Å². The highest BCUT2D eigenvalue weighted by molar-refractivity contribution is 9.10. The van der Waals surface area contributed by atoms with Crippen molar-refractivity contribution >= 4 is 15.9 Å². The van der Waals surface area contributed by atoms with Crippen LogP contribution in [0.15, 0.2) is 28.7 Å². The molecule has 82 valence electrons. The number of aliphatic hydroxyl groups is 1. The molecule has 2 atom stereocenters. The van der Waals surface area contributed by atoms with Gasteiger partial charge in [-0.1, -0.05) is 41.1 Å². The number of hydrogen-bond acceptors (Lipinski definition) is 2. The van der Waals surface area contributed by atoms with E-state index in [4.69, 9.17) is 0 Å². The monoisotopic (exact) mass is 269 g/mol. The van der Waals surface area contributed by atoms with Gasteiger partial charge in [0.25, 0.3) is 0 Å². The molecule has 1 saturated heterocycles. The molecule has 2 rings (SSSR count). The Labute approximate surface area is 99.0 Å². The molecule has 0 saturated carbocycles. The van der Waals surface area contributed by atoms with Crippen molar-refractivity contribution in [3.8, 4) is 0 Å². The molecule has 3 heteroatoms. The molecule has 0 spiro atoms. The molecule has 15 heavy (non-hydrogen) atoms. The van der Waals surface area contributed by atoms with Crippen LogP contribution >= 0.6 is 15.9 Å². The maximum Gasteiger partial charge on any atom is 0.107 e. The first-order valence-corrected chi connectivity index (χ1v) is 5.99. The van der Waals surface area contributed by atoms with Crippen molar-refractivity contribution in [2.45, 2.75) is 12.5 Å². The lowest BCUT2D eigenvalue weighted by Crippen LogP contribution is -2.34. The summed E-state index contributed by atoms with van der Waals surface area (Å²) in [7, 11) is 2.05. The fraction of sp³-hybridized carbons (Fsp3) is 0.500. The summed E-state index contributed by atoms with van der Waals surface area (Å²) in [4.78, 5) is 2.17. The number of halogens is 1. The van der Waals surface area contributed by atoms with Gasteiger partial charge in [0.05, 0.1) is 0 Å². The van der Waals surface area contributed by atoms with E-state index in [0.717, 1.165) is 16.6 Å². The average molecular weight is 270 g/mol. The van der Waals surface area contributed by atoms with Gasteiger partial charge >= 0.3 is 0 Å². The Hall–Kier alpha value is -0.380. The standard InChI is InChI=1S/C12H16BrNO/c1-9-7-14(2)8-12(9,15)10-5-3-4-6-11(10)13/h3-6,9,15H,7-8H2,1-2H3. The molecule has 0 radical (unpaired) electrons. The lowest BCUT2D eigenvalue weighted by molar-refractivity contribution is 0.0139. The summed E-state index contributed by atoms with van der Waals surface area (Å²) in [6, 6.07) is 7.93. The molecular weight excluding hydrogens is 254 g/mol. The largest absolute Gasteiger partial charge is 0.383 e. The minimum Gasteiger partial charge on any atom is -0.383 e. The van der Waals surface area contributed by atoms with E-state index in [1.807, 2.05) is 31.3 Å². The summed E-state index contributed by atoms with van der Waals surface area (Å²) in [5.74, 6) is 0.265. The van der Waals surface area contributed by atoms with Crippen molar-refractivity contribution in [1.29, 1.82) is 0 Å². The Bertz CT molecular complexity index is 368. The quantitative estimate of drug-likeness (QED) is 0.845. The van der Waals surface area contributed by atoms with Crippen LogP contribution in [0.3, 0.4) is 0 Å². The SMILES string of the molecule is CC1CN(C)CC1(O)c1ccccc1Br. The van der Waals surface area contributed by atoms with Gasteiger partial charge in [-0.15, -0.1) is 0 Å². The number of β-amino-alcohol motifs (C(OH)–C–C–N with tert-alkyl or cyclic N) is 1. The van der Waals surface area contributed by atoms with Crippen LogP contribution in [-0.4, -0.2) is 30.1 Å². The normalized spacial score (nSPS) is 32.1. The number of hydrogen-bond donors (Lipinski definition) is 1. The molecular formula is C12H16BrNO. The van der Waals surface area contributed by atoms with Gasteiger partial charge < -0.3 is 10.0 Å². The van der Waals surface area contributed by atoms with E-state index in [1.165, 1.54) is 0 Å². The fourth-order valence-electron chi connectivity index (χ4n) is 2.41. The molecule has 1 N–H and O–H groups in total. The van der Waals surface area contributed by atoms with E-state index in [-0.39, 0.29) is 5.92 Å². The maximum absolute atomic E-state index is 10.7. The van der Waals surface area contributed by atoms with Crippen LogP contribution in [0.4, 0.5) is 0 Å². The molecule has 1 fully saturated rings. The number of likely N-dealkylation sites (N-methyl/N-ethyl adjacent to an activating group) is 1. The molecule has 1 heterocycles. The van der Waals surface area contributed by atoms with Gasteiger partial charge in [-0.05, 0) is 18.7 Å². The van der Waals surface area contributed by atoms with E-state index < -0.39 is 5.60 Å². The molecule has 2 unspecified atom stereocenters.